The molecule has 4 heteroatoms. The lowest BCUT2D eigenvalue weighted by molar-refractivity contribution is -0.132. The quantitative estimate of drug-likeness (QED) is 0.795. The summed E-state index contributed by atoms with van der Waals surface area (Å²) < 4.78 is 0. The predicted molar refractivity (Wildman–Crippen MR) is 98.0 cm³/mol. The van der Waals surface area contributed by atoms with E-state index in [1.165, 1.54) is 4.90 Å². The normalized spacial score (nSPS) is 17.3. The third kappa shape index (κ3) is 2.44. The Morgan fingerprint density at radius 2 is 1.28 bits per heavy atom. The van der Waals surface area contributed by atoms with Crippen LogP contribution in [0.15, 0.2) is 60.7 Å². The van der Waals surface area contributed by atoms with Crippen molar-refractivity contribution in [2.24, 2.45) is 0 Å². The molecule has 4 nitrogen and oxygen atoms in total. The van der Waals surface area contributed by atoms with Crippen LogP contribution in [0.2, 0.25) is 0 Å². The van der Waals surface area contributed by atoms with E-state index in [1.54, 1.807) is 4.90 Å². The number of hydrogen-bond donors (Lipinski definition) is 0. The maximum absolute atomic E-state index is 13.6. The summed E-state index contributed by atoms with van der Waals surface area (Å²) in [7, 11) is 0. The number of carbonyl (C=O) groups excluding carboxylic acids is 2. The molecular weight excluding hydrogens is 312 g/mol. The van der Waals surface area contributed by atoms with Gasteiger partial charge in [-0.1, -0.05) is 60.7 Å². The zero-order valence-corrected chi connectivity index (χ0v) is 15.2. The first kappa shape index (κ1) is 17.2. The van der Waals surface area contributed by atoms with E-state index < -0.39 is 11.1 Å². The largest absolute Gasteiger partial charge is 0.328 e. The van der Waals surface area contributed by atoms with E-state index in [0.29, 0.717) is 6.54 Å². The van der Waals surface area contributed by atoms with Crippen LogP contribution in [-0.2, 0) is 10.3 Å². The molecule has 2 aromatic carbocycles. The van der Waals surface area contributed by atoms with Crippen molar-refractivity contribution in [3.63, 3.8) is 0 Å². The minimum Gasteiger partial charge on any atom is -0.297 e. The Morgan fingerprint density at radius 3 is 1.64 bits per heavy atom. The van der Waals surface area contributed by atoms with E-state index in [2.05, 4.69) is 0 Å². The molecule has 25 heavy (non-hydrogen) atoms. The first-order chi connectivity index (χ1) is 11.8. The monoisotopic (exact) mass is 336 g/mol. The number of nitrogens with zero attached hydrogens (tertiary/aromatic N) is 2. The van der Waals surface area contributed by atoms with Crippen molar-refractivity contribution < 1.29 is 9.59 Å². The van der Waals surface area contributed by atoms with E-state index in [-0.39, 0.29) is 11.9 Å². The average Bonchev–Trinajstić information content (AvgIpc) is 2.84. The summed E-state index contributed by atoms with van der Waals surface area (Å²) in [5, 5.41) is 0. The van der Waals surface area contributed by atoms with Gasteiger partial charge >= 0.3 is 6.03 Å². The van der Waals surface area contributed by atoms with Gasteiger partial charge in [0.2, 0.25) is 0 Å². The molecule has 0 saturated carbocycles. The summed E-state index contributed by atoms with van der Waals surface area (Å²) in [5.74, 6) is -0.188. The molecule has 0 spiro atoms. The highest BCUT2D eigenvalue weighted by molar-refractivity contribution is 6.09. The van der Waals surface area contributed by atoms with Crippen LogP contribution in [0.25, 0.3) is 0 Å². The van der Waals surface area contributed by atoms with Gasteiger partial charge in [-0.15, -0.1) is 0 Å². The fraction of sp³-hybridized carbons (Fsp3) is 0.333. The summed E-state index contributed by atoms with van der Waals surface area (Å²) in [5.41, 5.74) is -0.0493. The first-order valence-electron chi connectivity index (χ1n) is 8.62. The van der Waals surface area contributed by atoms with Gasteiger partial charge in [-0.25, -0.2) is 4.79 Å². The highest BCUT2D eigenvalue weighted by Crippen LogP contribution is 2.46. The molecule has 3 amide bonds. The van der Waals surface area contributed by atoms with Crippen molar-refractivity contribution >= 4 is 11.9 Å². The minimum atomic E-state index is -1.14. The molecule has 1 fully saturated rings. The van der Waals surface area contributed by atoms with Gasteiger partial charge in [0.1, 0.15) is 0 Å². The van der Waals surface area contributed by atoms with E-state index in [9.17, 15) is 9.59 Å². The molecule has 0 N–H and O–H groups in total. The number of urea groups is 1. The molecule has 1 aliphatic heterocycles. The first-order valence-corrected chi connectivity index (χ1v) is 8.62. The minimum absolute atomic E-state index is 0.188. The standard InChI is InChI=1S/C21H24N2O2/c1-5-22-18(24)21(16-12-8-6-9-13-16,17-14-10-7-11-15-17)23(19(22)25)20(2,3)4/h6-15H,5H2,1-4H3. The Bertz CT molecular complexity index is 739. The highest BCUT2D eigenvalue weighted by atomic mass is 16.2. The highest BCUT2D eigenvalue weighted by Gasteiger charge is 2.61. The third-order valence-electron chi connectivity index (χ3n) is 4.68. The molecule has 3 rings (SSSR count). The van der Waals surface area contributed by atoms with Crippen molar-refractivity contribution in [3.05, 3.63) is 71.8 Å². The number of hydrogen-bond acceptors (Lipinski definition) is 2. The second-order valence-corrected chi connectivity index (χ2v) is 7.28. The molecule has 0 unspecified atom stereocenters. The van der Waals surface area contributed by atoms with Gasteiger partial charge in [0.25, 0.3) is 5.91 Å². The Balaban J connectivity index is 2.40. The van der Waals surface area contributed by atoms with Gasteiger partial charge in [-0.2, -0.15) is 0 Å². The zero-order chi connectivity index (χ0) is 18.2. The number of likely N-dealkylation sites (N-methyl/N-ethyl adjacent to an activating group) is 1. The van der Waals surface area contributed by atoms with E-state index in [0.717, 1.165) is 11.1 Å². The fourth-order valence-corrected chi connectivity index (χ4v) is 3.74. The summed E-state index contributed by atoms with van der Waals surface area (Å²) in [6.45, 7) is 8.10. The van der Waals surface area contributed by atoms with Crippen molar-refractivity contribution in [3.8, 4) is 0 Å². The van der Waals surface area contributed by atoms with Gasteiger partial charge in [0, 0.05) is 12.1 Å². The maximum Gasteiger partial charge on any atom is 0.328 e. The number of amides is 3. The van der Waals surface area contributed by atoms with Crippen molar-refractivity contribution in [2.75, 3.05) is 6.54 Å². The van der Waals surface area contributed by atoms with E-state index >= 15 is 0 Å². The van der Waals surface area contributed by atoms with Crippen LogP contribution in [-0.4, -0.2) is 33.8 Å². The maximum atomic E-state index is 13.6. The lowest BCUT2D eigenvalue weighted by Crippen LogP contribution is -2.56. The molecule has 0 radical (unpaired) electrons. The second-order valence-electron chi connectivity index (χ2n) is 7.28. The van der Waals surface area contributed by atoms with Crippen LogP contribution in [0.4, 0.5) is 4.79 Å². The molecule has 1 heterocycles. The Kier molecular flexibility index (Phi) is 4.15. The summed E-state index contributed by atoms with van der Waals surface area (Å²) in [4.78, 5) is 29.9. The molecular formula is C21H24N2O2. The van der Waals surface area contributed by atoms with E-state index in [1.807, 2.05) is 88.4 Å². The average molecular weight is 336 g/mol. The van der Waals surface area contributed by atoms with Crippen LogP contribution in [0.1, 0.15) is 38.8 Å². The number of benzene rings is 2. The summed E-state index contributed by atoms with van der Waals surface area (Å²) in [6, 6.07) is 18.9. The van der Waals surface area contributed by atoms with Gasteiger partial charge in [-0.05, 0) is 38.8 Å². The van der Waals surface area contributed by atoms with Crippen LogP contribution in [0, 0.1) is 0 Å². The van der Waals surface area contributed by atoms with Gasteiger partial charge in [-0.3, -0.25) is 14.6 Å². The number of rotatable bonds is 3. The molecule has 1 saturated heterocycles. The SMILES string of the molecule is CCN1C(=O)N(C(C)(C)C)C(c2ccccc2)(c2ccccc2)C1=O. The van der Waals surface area contributed by atoms with Crippen molar-refractivity contribution in [1.82, 2.24) is 9.80 Å². The van der Waals surface area contributed by atoms with E-state index in [4.69, 9.17) is 0 Å². The van der Waals surface area contributed by atoms with Gasteiger partial charge in [0.15, 0.2) is 5.54 Å². The molecule has 2 aromatic rings. The fourth-order valence-electron chi connectivity index (χ4n) is 3.74. The summed E-state index contributed by atoms with van der Waals surface area (Å²) >= 11 is 0. The van der Waals surface area contributed by atoms with Crippen LogP contribution in [0.5, 0.6) is 0 Å². The lowest BCUT2D eigenvalue weighted by Gasteiger charge is -2.44. The topological polar surface area (TPSA) is 40.6 Å². The van der Waals surface area contributed by atoms with Crippen molar-refractivity contribution in [2.45, 2.75) is 38.8 Å². The lowest BCUT2D eigenvalue weighted by atomic mass is 9.79. The van der Waals surface area contributed by atoms with Crippen molar-refractivity contribution in [1.29, 1.82) is 0 Å². The Hall–Kier alpha value is -2.62. The van der Waals surface area contributed by atoms with Crippen LogP contribution in [0.3, 0.4) is 0 Å². The molecule has 1 aliphatic rings. The molecule has 0 aromatic heterocycles. The molecule has 130 valence electrons. The van der Waals surface area contributed by atoms with Gasteiger partial charge in [0.05, 0.1) is 0 Å². The second kappa shape index (κ2) is 6.03. The Labute approximate surface area is 149 Å². The summed E-state index contributed by atoms with van der Waals surface area (Å²) in [6.07, 6.45) is 0. The van der Waals surface area contributed by atoms with Gasteiger partial charge < -0.3 is 0 Å². The number of imide groups is 1. The molecule has 0 bridgehead atoms. The Morgan fingerprint density at radius 1 is 0.840 bits per heavy atom. The zero-order valence-electron chi connectivity index (χ0n) is 15.2. The predicted octanol–water partition coefficient (Wildman–Crippen LogP) is 4.01. The molecule has 0 aliphatic carbocycles. The van der Waals surface area contributed by atoms with Crippen LogP contribution < -0.4 is 0 Å². The number of carbonyl (C=O) groups is 2. The molecule has 0 atom stereocenters. The van der Waals surface area contributed by atoms with Crippen LogP contribution >= 0.6 is 0 Å². The smallest absolute Gasteiger partial charge is 0.297 e. The third-order valence-corrected chi connectivity index (χ3v) is 4.68.